The third-order valence-corrected chi connectivity index (χ3v) is 9.76. The van der Waals surface area contributed by atoms with Gasteiger partial charge in [-0.25, -0.2) is 28.5 Å². The molecular formula is C31H34F2N8O5S. The van der Waals surface area contributed by atoms with Gasteiger partial charge in [0.25, 0.3) is 0 Å². The molecule has 2 fully saturated rings. The Labute approximate surface area is 270 Å². The predicted octanol–water partition coefficient (Wildman–Crippen LogP) is 4.19. The van der Waals surface area contributed by atoms with E-state index in [1.165, 1.54) is 13.2 Å². The maximum Gasteiger partial charge on any atom is 0.410 e. The van der Waals surface area contributed by atoms with E-state index in [9.17, 15) is 22.4 Å². The second kappa shape index (κ2) is 11.5. The van der Waals surface area contributed by atoms with Crippen molar-refractivity contribution >= 4 is 44.8 Å². The van der Waals surface area contributed by atoms with Crippen LogP contribution in [0, 0.1) is 17.0 Å². The maximum atomic E-state index is 15.5. The normalized spacial score (nSPS) is 15.9. The lowest BCUT2D eigenvalue weighted by Gasteiger charge is -2.59. The zero-order chi connectivity index (χ0) is 33.9. The van der Waals surface area contributed by atoms with Crippen LogP contribution in [-0.2, 0) is 14.9 Å². The average molecular weight is 669 g/mol. The largest absolute Gasteiger partial charge is 0.444 e. The summed E-state index contributed by atoms with van der Waals surface area (Å²) in [6.45, 7) is 9.86. The molecule has 2 aliphatic rings. The molecule has 1 amide bonds. The van der Waals surface area contributed by atoms with Crippen molar-refractivity contribution < 1.29 is 31.5 Å². The lowest BCUT2D eigenvalue weighted by atomic mass is 9.73. The zero-order valence-electron chi connectivity index (χ0n) is 26.5. The summed E-state index contributed by atoms with van der Waals surface area (Å²) in [5.74, 6) is -2.94. The van der Waals surface area contributed by atoms with Crippen molar-refractivity contribution in [3.05, 3.63) is 65.7 Å². The Morgan fingerprint density at radius 3 is 2.36 bits per heavy atom. The van der Waals surface area contributed by atoms with Crippen molar-refractivity contribution in [3.8, 4) is 11.1 Å². The Morgan fingerprint density at radius 1 is 1.06 bits per heavy atom. The number of amides is 1. The summed E-state index contributed by atoms with van der Waals surface area (Å²) in [5, 5.41) is 0.302. The van der Waals surface area contributed by atoms with Crippen LogP contribution in [0.4, 0.5) is 25.2 Å². The molecule has 0 bridgehead atoms. The number of aromatic amines is 1. The number of aromatic nitrogens is 4. The van der Waals surface area contributed by atoms with E-state index in [1.807, 2.05) is 25.7 Å². The molecule has 2 N–H and O–H groups in total. The van der Waals surface area contributed by atoms with Gasteiger partial charge in [0.05, 0.1) is 11.3 Å². The van der Waals surface area contributed by atoms with E-state index in [-0.39, 0.29) is 23.6 Å². The minimum absolute atomic E-state index is 0.000242. The molecule has 5 heterocycles. The van der Waals surface area contributed by atoms with Crippen LogP contribution < -0.4 is 9.62 Å². The van der Waals surface area contributed by atoms with Gasteiger partial charge in [-0.05, 0) is 39.0 Å². The Balaban J connectivity index is 1.18. The van der Waals surface area contributed by atoms with Crippen LogP contribution in [0.15, 0.2) is 43.0 Å². The zero-order valence-corrected chi connectivity index (χ0v) is 27.3. The van der Waals surface area contributed by atoms with Crippen LogP contribution >= 0.6 is 0 Å². The molecule has 47 heavy (non-hydrogen) atoms. The number of rotatable bonds is 8. The number of nitrogens with zero attached hydrogens (tertiary/aromatic N) is 6. The molecule has 2 saturated heterocycles. The molecule has 3 aromatic heterocycles. The standard InChI is InChI=1S/C31H34F2N8O5S/c1-6-39(5)47(44,45)38-23-8-7-22(32)24(25(23)33)26(42)21-13-35-27-20(21)9-18(10-34-27)19-11-36-28(37-12-19)40-14-31(15-40)16-41(17-31)29(43)46-30(2,3)4/h7-13,38H,6,14-17H2,1-5H3,(H,34,35). The Kier molecular flexibility index (Phi) is 7.91. The molecule has 0 unspecified atom stereocenters. The molecule has 0 radical (unpaired) electrons. The van der Waals surface area contributed by atoms with Gasteiger partial charge in [0.1, 0.15) is 17.1 Å². The summed E-state index contributed by atoms with van der Waals surface area (Å²) < 4.78 is 63.7. The number of halogens is 2. The smallest absolute Gasteiger partial charge is 0.410 e. The maximum absolute atomic E-state index is 15.5. The fraction of sp³-hybridized carbons (Fsp3) is 0.387. The number of fused-ring (bicyclic) bond motifs is 1. The summed E-state index contributed by atoms with van der Waals surface area (Å²) in [7, 11) is -2.83. The Morgan fingerprint density at radius 2 is 1.72 bits per heavy atom. The van der Waals surface area contributed by atoms with E-state index in [1.54, 1.807) is 36.5 Å². The number of carbonyl (C=O) groups excluding carboxylic acids is 2. The number of benzene rings is 1. The molecule has 0 saturated carbocycles. The van der Waals surface area contributed by atoms with Crippen LogP contribution in [0.25, 0.3) is 22.2 Å². The molecule has 16 heteroatoms. The first-order chi connectivity index (χ1) is 22.1. The Hall–Kier alpha value is -4.70. The van der Waals surface area contributed by atoms with E-state index >= 15 is 4.39 Å². The monoisotopic (exact) mass is 668 g/mol. The molecular weight excluding hydrogens is 634 g/mol. The second-order valence-corrected chi connectivity index (χ2v) is 14.7. The van der Waals surface area contributed by atoms with E-state index in [0.717, 1.165) is 16.4 Å². The van der Waals surface area contributed by atoms with Crippen molar-refractivity contribution in [2.75, 3.05) is 49.4 Å². The number of ketones is 1. The van der Waals surface area contributed by atoms with Gasteiger partial charge in [0.2, 0.25) is 11.7 Å². The molecule has 1 aromatic carbocycles. The van der Waals surface area contributed by atoms with E-state index in [4.69, 9.17) is 4.74 Å². The van der Waals surface area contributed by atoms with Gasteiger partial charge in [-0.1, -0.05) is 6.92 Å². The number of hydrogen-bond donors (Lipinski definition) is 2. The number of hydrogen-bond acceptors (Lipinski definition) is 9. The minimum Gasteiger partial charge on any atom is -0.444 e. The highest BCUT2D eigenvalue weighted by Gasteiger charge is 2.54. The molecule has 2 aliphatic heterocycles. The molecule has 6 rings (SSSR count). The van der Waals surface area contributed by atoms with Crippen LogP contribution in [0.2, 0.25) is 0 Å². The van der Waals surface area contributed by atoms with Gasteiger partial charge in [0, 0.05) is 92.1 Å². The molecule has 0 atom stereocenters. The van der Waals surface area contributed by atoms with E-state index in [0.29, 0.717) is 54.3 Å². The third-order valence-electron chi connectivity index (χ3n) is 8.20. The van der Waals surface area contributed by atoms with Crippen molar-refractivity contribution in [3.63, 3.8) is 0 Å². The molecule has 0 aliphatic carbocycles. The highest BCUT2D eigenvalue weighted by molar-refractivity contribution is 7.90. The molecule has 13 nitrogen and oxygen atoms in total. The summed E-state index contributed by atoms with van der Waals surface area (Å²) in [5.41, 5.74) is -0.586. The molecule has 4 aromatic rings. The molecule has 248 valence electrons. The topological polar surface area (TPSA) is 154 Å². The van der Waals surface area contributed by atoms with Gasteiger partial charge >= 0.3 is 16.3 Å². The number of ether oxygens (including phenoxy) is 1. The SMILES string of the molecule is CCN(C)S(=O)(=O)Nc1ccc(F)c(C(=O)c2c[nH]c3ncc(-c4cnc(N5CC6(CN(C(=O)OC(C)(C)C)C6)C5)nc4)cc23)c1F. The van der Waals surface area contributed by atoms with Crippen LogP contribution in [0.3, 0.4) is 0 Å². The summed E-state index contributed by atoms with van der Waals surface area (Å²) in [6, 6.07) is 3.40. The van der Waals surface area contributed by atoms with Gasteiger partial charge in [0.15, 0.2) is 5.82 Å². The van der Waals surface area contributed by atoms with Gasteiger partial charge in [-0.15, -0.1) is 0 Å². The van der Waals surface area contributed by atoms with Crippen LogP contribution in [0.1, 0.15) is 43.6 Å². The first-order valence-corrected chi connectivity index (χ1v) is 16.3. The highest BCUT2D eigenvalue weighted by atomic mass is 32.2. The first kappa shape index (κ1) is 32.2. The lowest BCUT2D eigenvalue weighted by molar-refractivity contribution is -0.0456. The predicted molar refractivity (Wildman–Crippen MR) is 170 cm³/mol. The van der Waals surface area contributed by atoms with Gasteiger partial charge < -0.3 is 19.5 Å². The van der Waals surface area contributed by atoms with Crippen molar-refractivity contribution in [2.45, 2.75) is 33.3 Å². The number of H-pyrrole nitrogens is 1. The second-order valence-electron chi connectivity index (χ2n) is 12.9. The van der Waals surface area contributed by atoms with E-state index < -0.39 is 44.5 Å². The first-order valence-electron chi connectivity index (χ1n) is 14.9. The van der Waals surface area contributed by atoms with Crippen molar-refractivity contribution in [1.82, 2.24) is 29.1 Å². The van der Waals surface area contributed by atoms with E-state index in [2.05, 4.69) is 24.7 Å². The quantitative estimate of drug-likeness (QED) is 0.263. The average Bonchev–Trinajstić information content (AvgIpc) is 3.39. The number of likely N-dealkylation sites (tertiary alicyclic amines) is 1. The number of anilines is 2. The van der Waals surface area contributed by atoms with Crippen LogP contribution in [-0.4, -0.2) is 94.8 Å². The number of pyridine rings is 1. The molecule has 1 spiro atoms. The third kappa shape index (κ3) is 6.10. The van der Waals surface area contributed by atoms with Crippen molar-refractivity contribution in [1.29, 1.82) is 0 Å². The van der Waals surface area contributed by atoms with Gasteiger partial charge in [-0.3, -0.25) is 9.52 Å². The van der Waals surface area contributed by atoms with Crippen molar-refractivity contribution in [2.24, 2.45) is 5.41 Å². The number of nitrogens with one attached hydrogen (secondary N) is 2. The minimum atomic E-state index is -4.13. The highest BCUT2D eigenvalue weighted by Crippen LogP contribution is 2.41. The summed E-state index contributed by atoms with van der Waals surface area (Å²) in [6.07, 6.45) is 5.80. The lowest BCUT2D eigenvalue weighted by Crippen LogP contribution is -2.73. The van der Waals surface area contributed by atoms with Crippen LogP contribution in [0.5, 0.6) is 0 Å². The fourth-order valence-electron chi connectivity index (χ4n) is 5.67. The number of carbonyl (C=O) groups is 2. The summed E-state index contributed by atoms with van der Waals surface area (Å²) in [4.78, 5) is 45.7. The fourth-order valence-corrected chi connectivity index (χ4v) is 6.60. The van der Waals surface area contributed by atoms with Gasteiger partial charge in [-0.2, -0.15) is 12.7 Å². The Bertz CT molecular complexity index is 1980. The summed E-state index contributed by atoms with van der Waals surface area (Å²) >= 11 is 0.